The van der Waals surface area contributed by atoms with Gasteiger partial charge < -0.3 is 4.42 Å². The van der Waals surface area contributed by atoms with E-state index in [2.05, 4.69) is 81.4 Å². The van der Waals surface area contributed by atoms with Gasteiger partial charge in [0, 0.05) is 37.3 Å². The Labute approximate surface area is 178 Å². The molecule has 0 aliphatic rings. The Balaban J connectivity index is 1.73. The molecule has 0 unspecified atom stereocenters. The molecule has 3 aromatic carbocycles. The molecular formula is C27H21NOS. The Kier molecular flexibility index (Phi) is 3.63. The number of hydrogen-bond donors (Lipinski definition) is 0. The van der Waals surface area contributed by atoms with Crippen LogP contribution < -0.4 is 0 Å². The van der Waals surface area contributed by atoms with Crippen molar-refractivity contribution in [3.8, 4) is 11.3 Å². The molecule has 0 radical (unpaired) electrons. The van der Waals surface area contributed by atoms with Crippen LogP contribution in [0.4, 0.5) is 0 Å². The van der Waals surface area contributed by atoms with Gasteiger partial charge in [0.1, 0.15) is 5.58 Å². The normalized spacial score (nSPS) is 12.5. The van der Waals surface area contributed by atoms with Gasteiger partial charge in [0.25, 0.3) is 0 Å². The van der Waals surface area contributed by atoms with Crippen LogP contribution in [-0.4, -0.2) is 4.98 Å². The van der Waals surface area contributed by atoms with Crippen LogP contribution in [-0.2, 0) is 5.41 Å². The van der Waals surface area contributed by atoms with Gasteiger partial charge >= 0.3 is 0 Å². The zero-order valence-electron chi connectivity index (χ0n) is 17.2. The molecule has 0 fully saturated rings. The predicted octanol–water partition coefficient (Wildman–Crippen LogP) is 8.31. The lowest BCUT2D eigenvalue weighted by Gasteiger charge is -2.23. The second-order valence-corrected chi connectivity index (χ2v) is 9.96. The van der Waals surface area contributed by atoms with Gasteiger partial charge in [0.05, 0.1) is 12.0 Å². The minimum atomic E-state index is 0.0448. The molecule has 0 saturated heterocycles. The van der Waals surface area contributed by atoms with E-state index in [9.17, 15) is 0 Å². The summed E-state index contributed by atoms with van der Waals surface area (Å²) < 4.78 is 8.15. The smallest absolute Gasteiger partial charge is 0.135 e. The molecule has 0 atom stereocenters. The second-order valence-electron chi connectivity index (χ2n) is 8.90. The second kappa shape index (κ2) is 6.16. The summed E-state index contributed by atoms with van der Waals surface area (Å²) in [5, 5.41) is 6.23. The van der Waals surface area contributed by atoms with Gasteiger partial charge in [0.15, 0.2) is 0 Å². The van der Waals surface area contributed by atoms with Crippen LogP contribution in [0, 0.1) is 0 Å². The largest absolute Gasteiger partial charge is 0.464 e. The molecule has 0 N–H and O–H groups in total. The number of pyridine rings is 1. The first-order valence-electron chi connectivity index (χ1n) is 10.2. The average Bonchev–Trinajstić information content (AvgIpc) is 3.36. The number of nitrogens with zero attached hydrogens (tertiary/aromatic N) is 1. The fourth-order valence-electron chi connectivity index (χ4n) is 4.51. The first-order valence-corrected chi connectivity index (χ1v) is 11.0. The average molecular weight is 408 g/mol. The highest BCUT2D eigenvalue weighted by Gasteiger charge is 2.20. The molecule has 0 aliphatic heterocycles. The maximum absolute atomic E-state index is 5.63. The van der Waals surface area contributed by atoms with Gasteiger partial charge in [-0.1, -0.05) is 45.0 Å². The zero-order valence-corrected chi connectivity index (χ0v) is 18.0. The third kappa shape index (κ3) is 2.52. The van der Waals surface area contributed by atoms with Crippen molar-refractivity contribution < 1.29 is 4.42 Å². The van der Waals surface area contributed by atoms with Crippen molar-refractivity contribution >= 4 is 53.3 Å². The molecule has 0 saturated carbocycles. The van der Waals surface area contributed by atoms with E-state index in [4.69, 9.17) is 9.40 Å². The van der Waals surface area contributed by atoms with E-state index in [0.29, 0.717) is 0 Å². The van der Waals surface area contributed by atoms with Crippen molar-refractivity contribution in [1.29, 1.82) is 0 Å². The summed E-state index contributed by atoms with van der Waals surface area (Å²) in [6.45, 7) is 6.84. The molecule has 0 spiro atoms. The Morgan fingerprint density at radius 1 is 0.867 bits per heavy atom. The van der Waals surface area contributed by atoms with Crippen molar-refractivity contribution in [3.05, 3.63) is 78.7 Å². The molecular weight excluding hydrogens is 386 g/mol. The number of furan rings is 1. The number of fused-ring (bicyclic) bond motifs is 6. The van der Waals surface area contributed by atoms with Crippen LogP contribution in [0.15, 0.2) is 77.5 Å². The lowest BCUT2D eigenvalue weighted by molar-refractivity contribution is 0.596. The predicted molar refractivity (Wildman–Crippen MR) is 129 cm³/mol. The Hall–Kier alpha value is -3.17. The first-order chi connectivity index (χ1) is 14.5. The molecule has 6 aromatic rings. The van der Waals surface area contributed by atoms with Crippen LogP contribution in [0.1, 0.15) is 26.3 Å². The number of aromatic nitrogens is 1. The maximum Gasteiger partial charge on any atom is 0.135 e. The number of thiophene rings is 1. The van der Waals surface area contributed by atoms with E-state index in [-0.39, 0.29) is 5.41 Å². The topological polar surface area (TPSA) is 26.0 Å². The van der Waals surface area contributed by atoms with E-state index < -0.39 is 0 Å². The minimum Gasteiger partial charge on any atom is -0.464 e. The van der Waals surface area contributed by atoms with Gasteiger partial charge in [-0.2, -0.15) is 0 Å². The number of hydrogen-bond acceptors (Lipinski definition) is 3. The summed E-state index contributed by atoms with van der Waals surface area (Å²) in [6, 6.07) is 21.7. The van der Waals surface area contributed by atoms with Crippen molar-refractivity contribution in [2.75, 3.05) is 0 Å². The molecule has 30 heavy (non-hydrogen) atoms. The van der Waals surface area contributed by atoms with Crippen LogP contribution >= 0.6 is 11.3 Å². The molecule has 3 heterocycles. The molecule has 0 amide bonds. The van der Waals surface area contributed by atoms with Crippen LogP contribution in [0.25, 0.3) is 53.2 Å². The third-order valence-electron chi connectivity index (χ3n) is 5.92. The highest BCUT2D eigenvalue weighted by Crippen LogP contribution is 2.43. The summed E-state index contributed by atoms with van der Waals surface area (Å²) >= 11 is 1.82. The summed E-state index contributed by atoms with van der Waals surface area (Å²) in [5.41, 5.74) is 4.56. The Morgan fingerprint density at radius 2 is 1.73 bits per heavy atom. The monoisotopic (exact) mass is 407 g/mol. The summed E-state index contributed by atoms with van der Waals surface area (Å²) in [6.07, 6.45) is 3.71. The molecule has 146 valence electrons. The van der Waals surface area contributed by atoms with Crippen LogP contribution in [0.5, 0.6) is 0 Å². The van der Waals surface area contributed by atoms with Gasteiger partial charge in [0.2, 0.25) is 0 Å². The maximum atomic E-state index is 5.63. The van der Waals surface area contributed by atoms with Gasteiger partial charge in [-0.25, -0.2) is 0 Å². The first kappa shape index (κ1) is 17.7. The lowest BCUT2D eigenvalue weighted by Crippen LogP contribution is -2.12. The molecule has 3 aromatic heterocycles. The van der Waals surface area contributed by atoms with Crippen molar-refractivity contribution in [2.24, 2.45) is 0 Å². The molecule has 0 aliphatic carbocycles. The third-order valence-corrected chi connectivity index (χ3v) is 7.13. The SMILES string of the molecule is CC(C)(C)c1cc(-c2nccc3sc4c5ccoc5ccc4c23)cc2ccccc12. The highest BCUT2D eigenvalue weighted by molar-refractivity contribution is 7.26. The van der Waals surface area contributed by atoms with Crippen molar-refractivity contribution in [1.82, 2.24) is 4.98 Å². The van der Waals surface area contributed by atoms with Crippen molar-refractivity contribution in [2.45, 2.75) is 26.2 Å². The van der Waals surface area contributed by atoms with Gasteiger partial charge in [-0.05, 0) is 58.1 Å². The fourth-order valence-corrected chi connectivity index (χ4v) is 5.73. The molecule has 2 nitrogen and oxygen atoms in total. The molecule has 6 rings (SSSR count). The van der Waals surface area contributed by atoms with Gasteiger partial charge in [-0.15, -0.1) is 11.3 Å². The Morgan fingerprint density at radius 3 is 2.60 bits per heavy atom. The Bertz CT molecular complexity index is 1580. The van der Waals surface area contributed by atoms with Crippen LogP contribution in [0.3, 0.4) is 0 Å². The van der Waals surface area contributed by atoms with Crippen molar-refractivity contribution in [3.63, 3.8) is 0 Å². The summed E-state index contributed by atoms with van der Waals surface area (Å²) in [4.78, 5) is 4.88. The standard InChI is InChI=1S/C27H21NOS/c1-27(2,3)21-15-17(14-16-6-4-5-7-18(16)21)25-24-20-8-9-22-19(11-13-29-22)26(20)30-23(24)10-12-28-25/h4-15H,1-3H3. The molecule has 3 heteroatoms. The van der Waals surface area contributed by atoms with E-state index in [0.717, 1.165) is 11.3 Å². The van der Waals surface area contributed by atoms with Gasteiger partial charge in [-0.3, -0.25) is 4.98 Å². The number of rotatable bonds is 1. The quantitative estimate of drug-likeness (QED) is 0.274. The van der Waals surface area contributed by atoms with E-state index in [1.54, 1.807) is 6.26 Å². The van der Waals surface area contributed by atoms with E-state index in [1.807, 2.05) is 17.5 Å². The lowest BCUT2D eigenvalue weighted by atomic mass is 9.82. The highest BCUT2D eigenvalue weighted by atomic mass is 32.1. The zero-order chi connectivity index (χ0) is 20.5. The van der Waals surface area contributed by atoms with E-state index >= 15 is 0 Å². The summed E-state index contributed by atoms with van der Waals surface area (Å²) in [7, 11) is 0. The minimum absolute atomic E-state index is 0.0448. The van der Waals surface area contributed by atoms with Crippen LogP contribution in [0.2, 0.25) is 0 Å². The van der Waals surface area contributed by atoms with E-state index in [1.165, 1.54) is 47.5 Å². The fraction of sp³-hybridized carbons (Fsp3) is 0.148. The number of benzene rings is 3. The molecule has 0 bridgehead atoms. The summed E-state index contributed by atoms with van der Waals surface area (Å²) in [5.74, 6) is 0.